The van der Waals surface area contributed by atoms with Gasteiger partial charge in [-0.05, 0) is 0 Å². The first-order valence-electron chi connectivity index (χ1n) is 6.35. The summed E-state index contributed by atoms with van der Waals surface area (Å²) >= 11 is 0. The maximum absolute atomic E-state index is 2.30. The summed E-state index contributed by atoms with van der Waals surface area (Å²) in [6, 6.07) is 0. The van der Waals surface area contributed by atoms with Crippen molar-refractivity contribution in [3.63, 3.8) is 0 Å². The van der Waals surface area contributed by atoms with Gasteiger partial charge in [-0.15, -0.1) is 6.71 Å². The van der Waals surface area contributed by atoms with E-state index in [0.717, 1.165) is 6.71 Å². The van der Waals surface area contributed by atoms with Gasteiger partial charge in [0.2, 0.25) is 0 Å². The predicted molar refractivity (Wildman–Crippen MR) is 64.9 cm³/mol. The molecule has 79 valence electrons. The van der Waals surface area contributed by atoms with Crippen molar-refractivity contribution in [2.45, 2.75) is 78.3 Å². The van der Waals surface area contributed by atoms with E-state index in [1.165, 1.54) is 57.5 Å². The Morgan fingerprint density at radius 1 is 0.643 bits per heavy atom. The molecule has 0 aromatic heterocycles. The van der Waals surface area contributed by atoms with Crippen LogP contribution in [0.15, 0.2) is 0 Å². The zero-order chi connectivity index (χ0) is 9.94. The topological polar surface area (TPSA) is 0 Å². The summed E-state index contributed by atoms with van der Waals surface area (Å²) in [5.74, 6) is 0. The van der Waals surface area contributed by atoms with E-state index in [1.807, 2.05) is 0 Å². The van der Waals surface area contributed by atoms with Crippen LogP contribution in [0.3, 0.4) is 0 Å². The molecule has 0 aliphatic carbocycles. The molecule has 0 rings (SSSR count). The van der Waals surface area contributed by atoms with E-state index >= 15 is 0 Å². The fourth-order valence-corrected chi connectivity index (χ4v) is 1.91. The van der Waals surface area contributed by atoms with Crippen LogP contribution in [0.2, 0.25) is 19.0 Å². The molecule has 14 heavy (non-hydrogen) atoms. The number of hydrogen-bond acceptors (Lipinski definition) is 0. The minimum Gasteiger partial charge on any atom is -0.208 e. The van der Waals surface area contributed by atoms with Gasteiger partial charge < -0.3 is 0 Å². The molecule has 0 unspecified atom stereocenters. The van der Waals surface area contributed by atoms with Crippen molar-refractivity contribution in [1.29, 1.82) is 0 Å². The van der Waals surface area contributed by atoms with E-state index in [4.69, 9.17) is 0 Å². The van der Waals surface area contributed by atoms with Crippen molar-refractivity contribution >= 4 is 6.71 Å². The molecule has 0 spiro atoms. The van der Waals surface area contributed by atoms with E-state index in [0.29, 0.717) is 0 Å². The molecular weight excluding hydrogens is 178 g/mol. The third-order valence-electron chi connectivity index (χ3n) is 2.90. The second-order valence-electron chi connectivity index (χ2n) is 4.29. The van der Waals surface area contributed by atoms with E-state index in [9.17, 15) is 0 Å². The van der Waals surface area contributed by atoms with Gasteiger partial charge in [-0.25, -0.2) is 19.0 Å². The average Bonchev–Trinajstić information content (AvgIpc) is 2.17. The fourth-order valence-electron chi connectivity index (χ4n) is 1.91. The zero-order valence-electron chi connectivity index (χ0n) is 10.9. The van der Waals surface area contributed by atoms with Crippen LogP contribution in [0.25, 0.3) is 0 Å². The van der Waals surface area contributed by atoms with Crippen molar-refractivity contribution in [1.82, 2.24) is 0 Å². The molecule has 0 heterocycles. The number of hydrogen-bond donors (Lipinski definition) is 0. The van der Waals surface area contributed by atoms with Gasteiger partial charge in [0.05, 0.1) is 0 Å². The van der Waals surface area contributed by atoms with Gasteiger partial charge in [0, 0.05) is 0 Å². The Labute approximate surface area is 114 Å². The molecule has 0 amide bonds. The number of unbranched alkanes of at least 4 members (excludes halogenated alkanes) is 3. The minimum atomic E-state index is 0. The van der Waals surface area contributed by atoms with Crippen LogP contribution in [-0.4, -0.2) is 6.71 Å². The Hall–Kier alpha value is 1.06. The van der Waals surface area contributed by atoms with E-state index in [2.05, 4.69) is 20.8 Å². The van der Waals surface area contributed by atoms with Crippen LogP contribution in [0, 0.1) is 0 Å². The Morgan fingerprint density at radius 3 is 1.14 bits per heavy atom. The molecule has 0 aromatic rings. The first-order chi connectivity index (χ1) is 6.35. The minimum absolute atomic E-state index is 0. The molecule has 0 aromatic carbocycles. The van der Waals surface area contributed by atoms with Gasteiger partial charge in [-0.3, -0.25) is 0 Å². The van der Waals surface area contributed by atoms with Gasteiger partial charge in [-0.1, -0.05) is 59.3 Å². The van der Waals surface area contributed by atoms with Crippen molar-refractivity contribution in [3.05, 3.63) is 0 Å². The van der Waals surface area contributed by atoms with Gasteiger partial charge in [0.25, 0.3) is 0 Å². The Morgan fingerprint density at radius 2 is 0.929 bits per heavy atom. The monoisotopic (exact) mass is 205 g/mol. The molecule has 0 aliphatic heterocycles. The summed E-state index contributed by atoms with van der Waals surface area (Å²) in [6.07, 6.45) is 12.9. The average molecular weight is 205 g/mol. The van der Waals surface area contributed by atoms with Crippen LogP contribution in [0.5, 0.6) is 0 Å². The molecule has 0 aliphatic rings. The van der Waals surface area contributed by atoms with Crippen molar-refractivity contribution < 1.29 is 29.6 Å². The molecule has 0 saturated carbocycles. The molecule has 1 radical (unpaired) electrons. The summed E-state index contributed by atoms with van der Waals surface area (Å²) in [7, 11) is 0. The first-order valence-corrected chi connectivity index (χ1v) is 6.35. The Kier molecular flexibility index (Phi) is 17.5. The summed E-state index contributed by atoms with van der Waals surface area (Å²) in [5, 5.41) is 0. The quantitative estimate of drug-likeness (QED) is 0.504. The molecule has 0 atom stereocenters. The van der Waals surface area contributed by atoms with Crippen molar-refractivity contribution in [3.8, 4) is 0 Å². The second-order valence-corrected chi connectivity index (χ2v) is 4.29. The van der Waals surface area contributed by atoms with Crippen molar-refractivity contribution in [2.75, 3.05) is 0 Å². The van der Waals surface area contributed by atoms with Gasteiger partial charge >= 0.3 is 29.6 Å². The van der Waals surface area contributed by atoms with Gasteiger partial charge in [0.1, 0.15) is 0 Å². The van der Waals surface area contributed by atoms with Crippen LogP contribution in [-0.2, 0) is 0 Å². The third-order valence-corrected chi connectivity index (χ3v) is 2.90. The summed E-state index contributed by atoms with van der Waals surface area (Å²) < 4.78 is 0. The number of rotatable bonds is 9. The summed E-state index contributed by atoms with van der Waals surface area (Å²) in [5.41, 5.74) is 0. The smallest absolute Gasteiger partial charge is 0.208 e. The van der Waals surface area contributed by atoms with E-state index in [1.54, 1.807) is 0 Å². The molecule has 0 saturated heterocycles. The van der Waals surface area contributed by atoms with Crippen LogP contribution >= 0.6 is 0 Å². The normalized spacial score (nSPS) is 10.3. The summed E-state index contributed by atoms with van der Waals surface area (Å²) in [4.78, 5) is 0. The van der Waals surface area contributed by atoms with E-state index < -0.39 is 0 Å². The molecule has 0 N–H and O–H groups in total. The summed E-state index contributed by atoms with van der Waals surface area (Å²) in [6.45, 7) is 7.95. The SMILES string of the molecule is CCCC[B-](CCCC)CCCC.[Na+]. The Balaban J connectivity index is 0. The van der Waals surface area contributed by atoms with Crippen LogP contribution in [0.1, 0.15) is 59.3 Å². The predicted octanol–water partition coefficient (Wildman–Crippen LogP) is 1.89. The second kappa shape index (κ2) is 14.1. The molecule has 0 nitrogen and oxygen atoms in total. The van der Waals surface area contributed by atoms with Crippen molar-refractivity contribution in [2.24, 2.45) is 0 Å². The van der Waals surface area contributed by atoms with Gasteiger partial charge in [-0.2, -0.15) is 0 Å². The Bertz CT molecular complexity index is 77.3. The third kappa shape index (κ3) is 11.1. The molecule has 0 fully saturated rings. The molecule has 0 bridgehead atoms. The molecule has 2 heteroatoms. The maximum atomic E-state index is 2.30. The largest absolute Gasteiger partial charge is 1.00 e. The van der Waals surface area contributed by atoms with E-state index in [-0.39, 0.29) is 29.6 Å². The van der Waals surface area contributed by atoms with Crippen LogP contribution in [0.4, 0.5) is 0 Å². The molecular formula is C12H27BNa. The first kappa shape index (κ1) is 17.5. The fraction of sp³-hybridized carbons (Fsp3) is 1.00. The zero-order valence-corrected chi connectivity index (χ0v) is 12.9. The van der Waals surface area contributed by atoms with Gasteiger partial charge in [0.15, 0.2) is 0 Å². The maximum Gasteiger partial charge on any atom is 1.00 e. The van der Waals surface area contributed by atoms with Crippen LogP contribution < -0.4 is 29.6 Å². The standard InChI is InChI=1S/C12H27B.Na/c1-4-7-10-13(11-8-5-2)12-9-6-3;/h4-12H2,1-3H3;/q-1;+1.